The Bertz CT molecular complexity index is 1240. The number of aliphatic hydroxyl groups is 1. The molecule has 0 amide bonds. The van der Waals surface area contributed by atoms with Crippen molar-refractivity contribution in [2.75, 3.05) is 13.2 Å². The van der Waals surface area contributed by atoms with Gasteiger partial charge in [0.15, 0.2) is 6.61 Å². The summed E-state index contributed by atoms with van der Waals surface area (Å²) in [6.45, 7) is 12.6. The normalized spacial score (nSPS) is 45.1. The van der Waals surface area contributed by atoms with Crippen LogP contribution < -0.4 is 15.9 Å². The van der Waals surface area contributed by atoms with Crippen LogP contribution in [0.5, 0.6) is 5.75 Å². The fourth-order valence-electron chi connectivity index (χ4n) is 9.86. The van der Waals surface area contributed by atoms with Crippen molar-refractivity contribution in [3.63, 3.8) is 0 Å². The molecular weight excluding hydrogens is 509 g/mol. The zero-order valence-electron chi connectivity index (χ0n) is 24.0. The zero-order valence-corrected chi connectivity index (χ0v) is 24.0. The van der Waals surface area contributed by atoms with Gasteiger partial charge in [-0.25, -0.2) is 4.79 Å². The molecule has 1 heterocycles. The van der Waals surface area contributed by atoms with Crippen molar-refractivity contribution in [1.29, 1.82) is 0 Å². The molecule has 4 N–H and O–H groups in total. The molecule has 40 heavy (non-hydrogen) atoms. The molecule has 216 valence electrons. The first-order valence-electron chi connectivity index (χ1n) is 14.8. The second-order valence-corrected chi connectivity index (χ2v) is 13.6. The molecule has 1 aromatic rings. The Labute approximate surface area is 236 Å². The van der Waals surface area contributed by atoms with Crippen LogP contribution >= 0.6 is 0 Å². The first kappa shape index (κ1) is 27.9. The van der Waals surface area contributed by atoms with E-state index in [1.165, 1.54) is 0 Å². The number of benzene rings is 1. The standard InChI is InChI=1S/C31H42BNO7/c1-6-29(4)13-24(39-25(35)15-38-18-7-8-19-21(12-18)32(37)40-23(19)14-33)30(5)16(2)11-20-26-22(34)9-10-31(20,27(26)30)17(3)28(29)36/h6-8,12,16-17,20,23-24,26-28,36-37H,1,9-11,13-15,33H2,2-5H3/t16-,17+,20+,23?,24-,26?,27+,28+,29-,30+,31+/m1/s1. The fraction of sp³-hybridized carbons (Fsp3) is 0.677. The maximum absolute atomic E-state index is 13.4. The van der Waals surface area contributed by atoms with Gasteiger partial charge < -0.3 is 30.0 Å². The summed E-state index contributed by atoms with van der Waals surface area (Å²) >= 11 is 0. The molecule has 5 aliphatic carbocycles. The number of ether oxygens (including phenoxy) is 2. The van der Waals surface area contributed by atoms with E-state index in [0.29, 0.717) is 29.8 Å². The summed E-state index contributed by atoms with van der Waals surface area (Å²) in [5, 5.41) is 22.0. The topological polar surface area (TPSA) is 128 Å². The number of carbonyl (C=O) groups is 2. The van der Waals surface area contributed by atoms with E-state index in [2.05, 4.69) is 27.4 Å². The molecule has 5 saturated carbocycles. The quantitative estimate of drug-likeness (QED) is 0.280. The molecule has 5 fully saturated rings. The van der Waals surface area contributed by atoms with Crippen molar-refractivity contribution in [3.8, 4) is 5.75 Å². The largest absolute Gasteiger partial charge is 0.492 e. The predicted molar refractivity (Wildman–Crippen MR) is 149 cm³/mol. The molecule has 2 unspecified atom stereocenters. The summed E-state index contributed by atoms with van der Waals surface area (Å²) in [7, 11) is -1.09. The van der Waals surface area contributed by atoms with Crippen LogP contribution in [0.15, 0.2) is 30.9 Å². The van der Waals surface area contributed by atoms with Gasteiger partial charge >= 0.3 is 13.1 Å². The van der Waals surface area contributed by atoms with Crippen LogP contribution in [-0.4, -0.2) is 54.4 Å². The van der Waals surface area contributed by atoms with Crippen LogP contribution in [-0.2, 0) is 19.0 Å². The number of carbonyl (C=O) groups excluding carboxylic acids is 2. The van der Waals surface area contributed by atoms with E-state index < -0.39 is 36.1 Å². The zero-order chi connectivity index (χ0) is 28.8. The van der Waals surface area contributed by atoms with E-state index in [9.17, 15) is 19.7 Å². The van der Waals surface area contributed by atoms with Gasteiger partial charge in [-0.15, -0.1) is 6.58 Å². The minimum absolute atomic E-state index is 0.0136. The van der Waals surface area contributed by atoms with E-state index in [-0.39, 0.29) is 54.3 Å². The lowest BCUT2D eigenvalue weighted by Crippen LogP contribution is -2.78. The lowest BCUT2D eigenvalue weighted by atomic mass is 9.25. The molecule has 11 atom stereocenters. The minimum Gasteiger partial charge on any atom is -0.482 e. The highest BCUT2D eigenvalue weighted by atomic mass is 16.6. The molecule has 0 aromatic heterocycles. The number of hydrogen-bond donors (Lipinski definition) is 3. The van der Waals surface area contributed by atoms with E-state index in [4.69, 9.17) is 19.9 Å². The van der Waals surface area contributed by atoms with Crippen LogP contribution in [0.1, 0.15) is 65.0 Å². The molecule has 0 saturated heterocycles. The Balaban J connectivity index is 1.27. The molecule has 0 radical (unpaired) electrons. The minimum atomic E-state index is -1.09. The number of Topliss-reactive ketones (excluding diaryl/α,β-unsaturated/α-hetero) is 1. The van der Waals surface area contributed by atoms with Crippen molar-refractivity contribution in [2.45, 2.75) is 71.7 Å². The number of fused-ring (bicyclic) bond motifs is 2. The third kappa shape index (κ3) is 3.60. The average Bonchev–Trinajstić information content (AvgIpc) is 3.26. The number of esters is 1. The van der Waals surface area contributed by atoms with Crippen molar-refractivity contribution in [2.24, 2.45) is 51.6 Å². The predicted octanol–water partition coefficient (Wildman–Crippen LogP) is 2.55. The molecular formula is C31H42BNO7. The Kier molecular flexibility index (Phi) is 6.58. The lowest BCUT2D eigenvalue weighted by molar-refractivity contribution is -0.322. The Morgan fingerprint density at radius 3 is 2.77 bits per heavy atom. The summed E-state index contributed by atoms with van der Waals surface area (Å²) in [5.41, 5.74) is 5.91. The SMILES string of the molecule is C=C[C@]1(C)C[C@@H](OC(=O)COc2ccc3c(c2)B(O)OC3CN)[C@]2(C)[C@H](C)C[C@H]3C4C(=O)CC[C@@]3([C@@H](C)[C@@H]1O)[C@@H]42. The van der Waals surface area contributed by atoms with Crippen LogP contribution in [0, 0.1) is 45.8 Å². The first-order valence-corrected chi connectivity index (χ1v) is 14.8. The molecule has 5 bridgehead atoms. The van der Waals surface area contributed by atoms with Crippen molar-refractivity contribution in [3.05, 3.63) is 36.4 Å². The summed E-state index contributed by atoms with van der Waals surface area (Å²) < 4.78 is 17.6. The van der Waals surface area contributed by atoms with Crippen LogP contribution in [0.25, 0.3) is 0 Å². The summed E-state index contributed by atoms with van der Waals surface area (Å²) in [5.74, 6) is 0.840. The highest BCUT2D eigenvalue weighted by Gasteiger charge is 2.79. The van der Waals surface area contributed by atoms with Gasteiger partial charge in [-0.05, 0) is 71.5 Å². The smallest absolute Gasteiger partial charge is 0.482 e. The van der Waals surface area contributed by atoms with Gasteiger partial charge in [-0.1, -0.05) is 39.8 Å². The van der Waals surface area contributed by atoms with Crippen LogP contribution in [0.2, 0.25) is 0 Å². The molecule has 7 rings (SSSR count). The molecule has 1 aromatic carbocycles. The fourth-order valence-corrected chi connectivity index (χ4v) is 9.86. The molecule has 8 nitrogen and oxygen atoms in total. The van der Waals surface area contributed by atoms with Crippen molar-refractivity contribution < 1.29 is 33.8 Å². The number of nitrogens with two attached hydrogens (primary N) is 1. The van der Waals surface area contributed by atoms with Gasteiger partial charge in [0.05, 0.1) is 12.2 Å². The average molecular weight is 551 g/mol. The highest BCUT2D eigenvalue weighted by molar-refractivity contribution is 6.61. The van der Waals surface area contributed by atoms with Gasteiger partial charge in [0.25, 0.3) is 0 Å². The van der Waals surface area contributed by atoms with Crippen molar-refractivity contribution >= 4 is 24.3 Å². The highest BCUT2D eigenvalue weighted by Crippen LogP contribution is 2.79. The van der Waals surface area contributed by atoms with E-state index in [1.807, 2.05) is 13.0 Å². The van der Waals surface area contributed by atoms with Gasteiger partial charge in [0.2, 0.25) is 0 Å². The van der Waals surface area contributed by atoms with Gasteiger partial charge in [-0.3, -0.25) is 4.79 Å². The second-order valence-electron chi connectivity index (χ2n) is 13.6. The van der Waals surface area contributed by atoms with E-state index in [0.717, 1.165) is 18.4 Å². The summed E-state index contributed by atoms with van der Waals surface area (Å²) in [6, 6.07) is 5.19. The van der Waals surface area contributed by atoms with Gasteiger partial charge in [0.1, 0.15) is 17.6 Å². The van der Waals surface area contributed by atoms with Crippen LogP contribution in [0.3, 0.4) is 0 Å². The Morgan fingerprint density at radius 1 is 1.32 bits per heavy atom. The van der Waals surface area contributed by atoms with Crippen molar-refractivity contribution in [1.82, 2.24) is 0 Å². The molecule has 1 aliphatic heterocycles. The first-order chi connectivity index (χ1) is 18.9. The third-order valence-electron chi connectivity index (χ3n) is 12.2. The van der Waals surface area contributed by atoms with Gasteiger partial charge in [-0.2, -0.15) is 0 Å². The van der Waals surface area contributed by atoms with Gasteiger partial charge in [0, 0.05) is 29.7 Å². The molecule has 1 spiro atoms. The maximum Gasteiger partial charge on any atom is 0.492 e. The number of rotatable bonds is 6. The monoisotopic (exact) mass is 551 g/mol. The summed E-state index contributed by atoms with van der Waals surface area (Å²) in [4.78, 5) is 26.6. The lowest BCUT2D eigenvalue weighted by Gasteiger charge is -2.78. The number of aliphatic hydroxyl groups excluding tert-OH is 1. The Morgan fingerprint density at radius 2 is 2.08 bits per heavy atom. The van der Waals surface area contributed by atoms with Crippen LogP contribution in [0.4, 0.5) is 0 Å². The Hall–Kier alpha value is -2.20. The van der Waals surface area contributed by atoms with E-state index >= 15 is 0 Å². The number of ketones is 1. The third-order valence-corrected chi connectivity index (χ3v) is 12.2. The molecule has 6 aliphatic rings. The second kappa shape index (κ2) is 9.41. The molecule has 9 heteroatoms. The number of hydrogen-bond acceptors (Lipinski definition) is 8. The summed E-state index contributed by atoms with van der Waals surface area (Å²) in [6.07, 6.45) is 2.96. The maximum atomic E-state index is 13.4. The van der Waals surface area contributed by atoms with E-state index in [1.54, 1.807) is 18.2 Å².